The van der Waals surface area contributed by atoms with E-state index in [1.54, 1.807) is 11.3 Å². The number of thiophene rings is 1. The summed E-state index contributed by atoms with van der Waals surface area (Å²) in [5, 5.41) is 1.17. The van der Waals surface area contributed by atoms with Crippen LogP contribution in [0.5, 0.6) is 11.5 Å². The lowest BCUT2D eigenvalue weighted by Gasteiger charge is -2.12. The van der Waals surface area contributed by atoms with Gasteiger partial charge in [-0.1, -0.05) is 0 Å². The molecule has 1 heterocycles. The van der Waals surface area contributed by atoms with Gasteiger partial charge in [0.2, 0.25) is 0 Å². The molecule has 0 fully saturated rings. The summed E-state index contributed by atoms with van der Waals surface area (Å²) in [6.45, 7) is 4.02. The molecule has 0 unspecified atom stereocenters. The fourth-order valence-corrected chi connectivity index (χ4v) is 2.68. The number of fused-ring (bicyclic) bond motifs is 1. The van der Waals surface area contributed by atoms with E-state index >= 15 is 0 Å². The van der Waals surface area contributed by atoms with Crippen LogP contribution in [0, 0.1) is 6.92 Å². The minimum Gasteiger partial charge on any atom is -0.488 e. The zero-order valence-electron chi connectivity index (χ0n) is 10.4. The molecule has 1 aromatic heterocycles. The van der Waals surface area contributed by atoms with Crippen LogP contribution < -0.4 is 20.9 Å². The second-order valence-corrected chi connectivity index (χ2v) is 5.26. The quantitative estimate of drug-likeness (QED) is 0.837. The van der Waals surface area contributed by atoms with E-state index in [2.05, 4.69) is 13.0 Å². The van der Waals surface area contributed by atoms with Gasteiger partial charge in [0, 0.05) is 28.7 Å². The van der Waals surface area contributed by atoms with E-state index in [0.29, 0.717) is 26.3 Å². The fraction of sp³-hybridized carbons (Fsp3) is 0.385. The standard InChI is InChI=1S/C13H18N2O2S/c1-9-6-10-7-11(16-4-2-14)12(17-5-3-15)8-13(10)18-9/h6-8H,2-5,14-15H2,1H3. The molecule has 18 heavy (non-hydrogen) atoms. The van der Waals surface area contributed by atoms with Crippen LogP contribution in [0.1, 0.15) is 4.88 Å². The summed E-state index contributed by atoms with van der Waals surface area (Å²) in [6.07, 6.45) is 0. The van der Waals surface area contributed by atoms with E-state index in [4.69, 9.17) is 20.9 Å². The average Bonchev–Trinajstić information content (AvgIpc) is 2.72. The molecule has 0 atom stereocenters. The molecule has 0 aliphatic heterocycles. The summed E-state index contributed by atoms with van der Waals surface area (Å²) in [5.74, 6) is 1.47. The van der Waals surface area contributed by atoms with Gasteiger partial charge in [0.25, 0.3) is 0 Å². The number of nitrogens with two attached hydrogens (primary N) is 2. The topological polar surface area (TPSA) is 70.5 Å². The molecule has 0 saturated heterocycles. The second-order valence-electron chi connectivity index (χ2n) is 3.97. The Morgan fingerprint density at radius 1 is 1.00 bits per heavy atom. The van der Waals surface area contributed by atoms with E-state index in [0.717, 1.165) is 11.5 Å². The zero-order chi connectivity index (χ0) is 13.0. The molecular weight excluding hydrogens is 248 g/mol. The predicted octanol–water partition coefficient (Wildman–Crippen LogP) is 1.88. The third kappa shape index (κ3) is 2.93. The maximum absolute atomic E-state index is 5.62. The maximum atomic E-state index is 5.62. The van der Waals surface area contributed by atoms with Crippen molar-refractivity contribution >= 4 is 21.4 Å². The Balaban J connectivity index is 2.35. The smallest absolute Gasteiger partial charge is 0.162 e. The van der Waals surface area contributed by atoms with Crippen LogP contribution in [-0.2, 0) is 0 Å². The highest BCUT2D eigenvalue weighted by Gasteiger charge is 2.09. The van der Waals surface area contributed by atoms with Crippen LogP contribution in [-0.4, -0.2) is 26.3 Å². The van der Waals surface area contributed by atoms with Crippen LogP contribution in [0.3, 0.4) is 0 Å². The largest absolute Gasteiger partial charge is 0.488 e. The second kappa shape index (κ2) is 6.04. The zero-order valence-corrected chi connectivity index (χ0v) is 11.3. The maximum Gasteiger partial charge on any atom is 0.162 e. The molecule has 0 bridgehead atoms. The lowest BCUT2D eigenvalue weighted by Crippen LogP contribution is -2.13. The van der Waals surface area contributed by atoms with Crippen LogP contribution in [0.25, 0.3) is 10.1 Å². The van der Waals surface area contributed by atoms with Crippen LogP contribution in [0.15, 0.2) is 18.2 Å². The van der Waals surface area contributed by atoms with Gasteiger partial charge in [-0.2, -0.15) is 0 Å². The first-order valence-corrected chi connectivity index (χ1v) is 6.76. The number of rotatable bonds is 6. The van der Waals surface area contributed by atoms with Crippen molar-refractivity contribution in [2.45, 2.75) is 6.92 Å². The van der Waals surface area contributed by atoms with E-state index < -0.39 is 0 Å². The lowest BCUT2D eigenvalue weighted by atomic mass is 10.2. The molecule has 0 radical (unpaired) electrons. The van der Waals surface area contributed by atoms with Crippen molar-refractivity contribution < 1.29 is 9.47 Å². The number of aryl methyl sites for hydroxylation is 1. The van der Waals surface area contributed by atoms with Crippen LogP contribution in [0.2, 0.25) is 0 Å². The van der Waals surface area contributed by atoms with E-state index in [9.17, 15) is 0 Å². The van der Waals surface area contributed by atoms with Crippen molar-refractivity contribution in [3.63, 3.8) is 0 Å². The molecule has 2 aromatic rings. The van der Waals surface area contributed by atoms with E-state index in [1.165, 1.54) is 15.0 Å². The first-order valence-electron chi connectivity index (χ1n) is 5.94. The van der Waals surface area contributed by atoms with Gasteiger partial charge < -0.3 is 20.9 Å². The molecule has 0 aliphatic rings. The van der Waals surface area contributed by atoms with Crippen molar-refractivity contribution in [1.82, 2.24) is 0 Å². The van der Waals surface area contributed by atoms with Gasteiger partial charge in [0.15, 0.2) is 11.5 Å². The Bertz CT molecular complexity index is 480. The molecule has 5 heteroatoms. The summed E-state index contributed by atoms with van der Waals surface area (Å²) in [6, 6.07) is 6.15. The molecule has 0 aliphatic carbocycles. The average molecular weight is 266 g/mol. The highest BCUT2D eigenvalue weighted by molar-refractivity contribution is 7.19. The molecule has 98 valence electrons. The van der Waals surface area contributed by atoms with Crippen molar-refractivity contribution in [1.29, 1.82) is 0 Å². The number of hydrogen-bond acceptors (Lipinski definition) is 5. The first-order chi connectivity index (χ1) is 8.74. The first kappa shape index (κ1) is 13.1. The minimum absolute atomic E-state index is 0.480. The molecule has 4 nitrogen and oxygen atoms in total. The Morgan fingerprint density at radius 3 is 2.22 bits per heavy atom. The Labute approximate surface area is 110 Å². The normalized spacial score (nSPS) is 10.8. The molecule has 4 N–H and O–H groups in total. The van der Waals surface area contributed by atoms with Crippen molar-refractivity contribution in [3.05, 3.63) is 23.1 Å². The van der Waals surface area contributed by atoms with Crippen LogP contribution in [0.4, 0.5) is 0 Å². The molecule has 1 aromatic carbocycles. The number of hydrogen-bond donors (Lipinski definition) is 2. The Morgan fingerprint density at radius 2 is 1.61 bits per heavy atom. The lowest BCUT2D eigenvalue weighted by molar-refractivity contribution is 0.278. The highest BCUT2D eigenvalue weighted by atomic mass is 32.1. The van der Waals surface area contributed by atoms with Crippen LogP contribution >= 0.6 is 11.3 Å². The molecule has 0 amide bonds. The monoisotopic (exact) mass is 266 g/mol. The van der Waals surface area contributed by atoms with Gasteiger partial charge in [0.05, 0.1) is 0 Å². The third-order valence-electron chi connectivity index (χ3n) is 2.46. The van der Waals surface area contributed by atoms with Gasteiger partial charge in [0.1, 0.15) is 13.2 Å². The van der Waals surface area contributed by atoms with Gasteiger partial charge in [-0.15, -0.1) is 11.3 Å². The molecule has 2 rings (SSSR count). The van der Waals surface area contributed by atoms with Crippen molar-refractivity contribution in [2.24, 2.45) is 11.5 Å². The minimum atomic E-state index is 0.480. The summed E-state index contributed by atoms with van der Waals surface area (Å²) >= 11 is 1.74. The SMILES string of the molecule is Cc1cc2cc(OCCN)c(OCCN)cc2s1. The summed E-state index contributed by atoms with van der Waals surface area (Å²) < 4.78 is 12.4. The van der Waals surface area contributed by atoms with Gasteiger partial charge >= 0.3 is 0 Å². The predicted molar refractivity (Wildman–Crippen MR) is 75.7 cm³/mol. The third-order valence-corrected chi connectivity index (χ3v) is 3.47. The molecule has 0 saturated carbocycles. The van der Waals surface area contributed by atoms with Crippen molar-refractivity contribution in [3.8, 4) is 11.5 Å². The number of benzene rings is 1. The fourth-order valence-electron chi connectivity index (χ4n) is 1.74. The molecule has 0 spiro atoms. The summed E-state index contributed by atoms with van der Waals surface area (Å²) in [5.41, 5.74) is 10.9. The van der Waals surface area contributed by atoms with E-state index in [-0.39, 0.29) is 0 Å². The molecular formula is C13H18N2O2S. The van der Waals surface area contributed by atoms with Crippen molar-refractivity contribution in [2.75, 3.05) is 26.3 Å². The van der Waals surface area contributed by atoms with Gasteiger partial charge in [-0.25, -0.2) is 0 Å². The Kier molecular flexibility index (Phi) is 4.41. The summed E-state index contributed by atoms with van der Waals surface area (Å²) in [4.78, 5) is 1.27. The van der Waals surface area contributed by atoms with Gasteiger partial charge in [-0.05, 0) is 24.4 Å². The Hall–Kier alpha value is -1.30. The highest BCUT2D eigenvalue weighted by Crippen LogP contribution is 2.36. The summed E-state index contributed by atoms with van der Waals surface area (Å²) in [7, 11) is 0. The number of ether oxygens (including phenoxy) is 2. The van der Waals surface area contributed by atoms with E-state index in [1.807, 2.05) is 12.1 Å². The van der Waals surface area contributed by atoms with Gasteiger partial charge in [-0.3, -0.25) is 0 Å².